The molecule has 0 aliphatic rings. The number of nitrogens with zero attached hydrogens (tertiary/aromatic N) is 1. The van der Waals surface area contributed by atoms with Crippen LogP contribution in [0.15, 0.2) is 30.0 Å². The second-order valence-corrected chi connectivity index (χ2v) is 3.67. The molecule has 1 rings (SSSR count). The molecule has 0 aromatic heterocycles. The van der Waals surface area contributed by atoms with Crippen LogP contribution in [0.4, 0.5) is 5.69 Å². The zero-order valence-electron chi connectivity index (χ0n) is 10.5. The maximum absolute atomic E-state index is 11.5. The van der Waals surface area contributed by atoms with Gasteiger partial charge in [-0.05, 0) is 11.6 Å². The van der Waals surface area contributed by atoms with Crippen molar-refractivity contribution in [3.63, 3.8) is 0 Å². The molecule has 2 amide bonds. The summed E-state index contributed by atoms with van der Waals surface area (Å²) in [5.74, 6) is -0.887. The fourth-order valence-electron chi connectivity index (χ4n) is 1.38. The van der Waals surface area contributed by atoms with Crippen molar-refractivity contribution in [2.24, 2.45) is 0 Å². The molecule has 0 spiro atoms. The highest BCUT2D eigenvalue weighted by molar-refractivity contribution is 6.00. The van der Waals surface area contributed by atoms with Crippen molar-refractivity contribution in [2.75, 3.05) is 7.05 Å². The minimum atomic E-state index is -0.532. The van der Waals surface area contributed by atoms with Crippen LogP contribution in [0.25, 0.3) is 6.08 Å². The molecule has 0 aliphatic carbocycles. The lowest BCUT2D eigenvalue weighted by Gasteiger charge is -2.06. The first-order valence-corrected chi connectivity index (χ1v) is 5.40. The number of non-ortho nitro benzene ring substituents is 1. The Kier molecular flexibility index (Phi) is 4.76. The van der Waals surface area contributed by atoms with Gasteiger partial charge in [0.05, 0.1) is 4.92 Å². The highest BCUT2D eigenvalue weighted by atomic mass is 16.6. The molecule has 0 unspecified atom stereocenters. The molecular formula is C12H13N3O4. The second-order valence-electron chi connectivity index (χ2n) is 3.67. The van der Waals surface area contributed by atoms with Gasteiger partial charge in [0.15, 0.2) is 0 Å². The van der Waals surface area contributed by atoms with Gasteiger partial charge in [0, 0.05) is 26.1 Å². The number of carbonyl (C=O) groups is 2. The third kappa shape index (κ3) is 4.23. The lowest BCUT2D eigenvalue weighted by Crippen LogP contribution is -2.31. The van der Waals surface area contributed by atoms with E-state index in [0.717, 1.165) is 0 Å². The maximum Gasteiger partial charge on any atom is 0.270 e. The predicted octanol–water partition coefficient (Wildman–Crippen LogP) is 0.818. The molecule has 0 aliphatic heterocycles. The van der Waals surface area contributed by atoms with Gasteiger partial charge in [-0.1, -0.05) is 12.1 Å². The number of amides is 2. The maximum atomic E-state index is 11.5. The highest BCUT2D eigenvalue weighted by Gasteiger charge is 2.10. The molecule has 1 aromatic carbocycles. The van der Waals surface area contributed by atoms with Crippen molar-refractivity contribution < 1.29 is 14.5 Å². The first kappa shape index (κ1) is 14.4. The Morgan fingerprint density at radius 1 is 1.37 bits per heavy atom. The van der Waals surface area contributed by atoms with E-state index >= 15 is 0 Å². The van der Waals surface area contributed by atoms with E-state index in [-0.39, 0.29) is 11.4 Å². The van der Waals surface area contributed by atoms with E-state index in [9.17, 15) is 19.7 Å². The van der Waals surface area contributed by atoms with E-state index in [1.165, 1.54) is 38.2 Å². The Balaban J connectivity index is 3.13. The van der Waals surface area contributed by atoms with Crippen molar-refractivity contribution in [3.05, 3.63) is 45.6 Å². The van der Waals surface area contributed by atoms with Gasteiger partial charge in [0.2, 0.25) is 5.91 Å². The number of nitrogens with one attached hydrogen (secondary N) is 2. The van der Waals surface area contributed by atoms with E-state index in [0.29, 0.717) is 5.56 Å². The summed E-state index contributed by atoms with van der Waals surface area (Å²) in [6.45, 7) is 1.27. The number of rotatable bonds is 4. The molecule has 7 heteroatoms. The second kappa shape index (κ2) is 6.29. The Hall–Kier alpha value is -2.70. The zero-order chi connectivity index (χ0) is 14.4. The minimum Gasteiger partial charge on any atom is -0.354 e. The molecule has 0 bridgehead atoms. The lowest BCUT2D eigenvalue weighted by molar-refractivity contribution is -0.384. The molecular weight excluding hydrogens is 250 g/mol. The Morgan fingerprint density at radius 3 is 2.58 bits per heavy atom. The van der Waals surface area contributed by atoms with Crippen LogP contribution in [0, 0.1) is 10.1 Å². The summed E-state index contributed by atoms with van der Waals surface area (Å²) in [7, 11) is 1.42. The van der Waals surface area contributed by atoms with E-state index < -0.39 is 16.7 Å². The van der Waals surface area contributed by atoms with Gasteiger partial charge < -0.3 is 10.6 Å². The number of nitro benzene ring substituents is 1. The summed E-state index contributed by atoms with van der Waals surface area (Å²) in [6, 6.07) is 5.75. The standard InChI is InChI=1S/C12H13N3O4/c1-8(16)14-11(12(17)13-2)7-9-4-3-5-10(6-9)15(18)19/h3-7H,1-2H3,(H,13,17)(H,14,16)/b11-7+. The summed E-state index contributed by atoms with van der Waals surface area (Å²) < 4.78 is 0. The molecule has 1 aromatic rings. The van der Waals surface area contributed by atoms with Gasteiger partial charge in [0.1, 0.15) is 5.70 Å². The summed E-state index contributed by atoms with van der Waals surface area (Å²) >= 11 is 0. The average Bonchev–Trinajstić information content (AvgIpc) is 2.36. The Labute approximate surface area is 109 Å². The number of benzene rings is 1. The van der Waals surface area contributed by atoms with Crippen LogP contribution < -0.4 is 10.6 Å². The van der Waals surface area contributed by atoms with Gasteiger partial charge in [0.25, 0.3) is 11.6 Å². The summed E-state index contributed by atoms with van der Waals surface area (Å²) in [4.78, 5) is 32.7. The van der Waals surface area contributed by atoms with E-state index in [4.69, 9.17) is 0 Å². The molecule has 0 atom stereocenters. The van der Waals surface area contributed by atoms with Crippen molar-refractivity contribution in [2.45, 2.75) is 6.92 Å². The Morgan fingerprint density at radius 2 is 2.05 bits per heavy atom. The summed E-state index contributed by atoms with van der Waals surface area (Å²) in [6.07, 6.45) is 1.37. The highest BCUT2D eigenvalue weighted by Crippen LogP contribution is 2.15. The number of hydrogen-bond donors (Lipinski definition) is 2. The third-order valence-electron chi connectivity index (χ3n) is 2.17. The minimum absolute atomic E-state index is 0.0236. The number of nitro groups is 1. The smallest absolute Gasteiger partial charge is 0.270 e. The topological polar surface area (TPSA) is 101 Å². The third-order valence-corrected chi connectivity index (χ3v) is 2.17. The quantitative estimate of drug-likeness (QED) is 0.477. The number of hydrogen-bond acceptors (Lipinski definition) is 4. The fraction of sp³-hybridized carbons (Fsp3) is 0.167. The SMILES string of the molecule is CNC(=O)/C(=C\c1cccc([N+](=O)[O-])c1)NC(C)=O. The predicted molar refractivity (Wildman–Crippen MR) is 69.0 cm³/mol. The fourth-order valence-corrected chi connectivity index (χ4v) is 1.38. The van der Waals surface area contributed by atoms with Crippen molar-refractivity contribution in [1.29, 1.82) is 0 Å². The van der Waals surface area contributed by atoms with Crippen LogP contribution in [-0.2, 0) is 9.59 Å². The lowest BCUT2D eigenvalue weighted by atomic mass is 10.1. The van der Waals surface area contributed by atoms with Crippen molar-refractivity contribution in [3.8, 4) is 0 Å². The molecule has 0 radical (unpaired) electrons. The Bertz CT molecular complexity index is 552. The average molecular weight is 263 g/mol. The first-order chi connectivity index (χ1) is 8.93. The van der Waals surface area contributed by atoms with Crippen LogP contribution in [-0.4, -0.2) is 23.8 Å². The zero-order valence-corrected chi connectivity index (χ0v) is 10.5. The normalized spacial score (nSPS) is 10.7. The summed E-state index contributed by atoms with van der Waals surface area (Å²) in [5, 5.41) is 15.4. The monoisotopic (exact) mass is 263 g/mol. The van der Waals surface area contributed by atoms with E-state index in [1.807, 2.05) is 0 Å². The van der Waals surface area contributed by atoms with E-state index in [1.54, 1.807) is 6.07 Å². The number of likely N-dealkylation sites (N-methyl/N-ethyl adjacent to an activating group) is 1. The van der Waals surface area contributed by atoms with Crippen LogP contribution in [0.3, 0.4) is 0 Å². The molecule has 0 saturated carbocycles. The van der Waals surface area contributed by atoms with Crippen molar-refractivity contribution in [1.82, 2.24) is 10.6 Å². The largest absolute Gasteiger partial charge is 0.354 e. The van der Waals surface area contributed by atoms with Gasteiger partial charge >= 0.3 is 0 Å². The number of carbonyl (C=O) groups excluding carboxylic acids is 2. The van der Waals surface area contributed by atoms with Crippen LogP contribution in [0.5, 0.6) is 0 Å². The molecule has 2 N–H and O–H groups in total. The van der Waals surface area contributed by atoms with Gasteiger partial charge in [-0.25, -0.2) is 0 Å². The van der Waals surface area contributed by atoms with Crippen molar-refractivity contribution >= 4 is 23.6 Å². The molecule has 0 fully saturated rings. The molecule has 0 heterocycles. The molecule has 0 saturated heterocycles. The first-order valence-electron chi connectivity index (χ1n) is 5.40. The molecule has 100 valence electrons. The van der Waals surface area contributed by atoms with E-state index in [2.05, 4.69) is 10.6 Å². The molecule has 19 heavy (non-hydrogen) atoms. The van der Waals surface area contributed by atoms with Crippen LogP contribution in [0.1, 0.15) is 12.5 Å². The van der Waals surface area contributed by atoms with Gasteiger partial charge in [-0.2, -0.15) is 0 Å². The summed E-state index contributed by atoms with van der Waals surface area (Å²) in [5.41, 5.74) is 0.380. The van der Waals surface area contributed by atoms with Crippen LogP contribution in [0.2, 0.25) is 0 Å². The molecule has 7 nitrogen and oxygen atoms in total. The van der Waals surface area contributed by atoms with Crippen LogP contribution >= 0.6 is 0 Å². The van der Waals surface area contributed by atoms with Gasteiger partial charge in [-0.15, -0.1) is 0 Å². The van der Waals surface area contributed by atoms with Gasteiger partial charge in [-0.3, -0.25) is 19.7 Å².